The number of aryl methyl sites for hydroxylation is 3. The molecular weight excluding hydrogens is 439 g/mol. The SMILES string of the molecule is Cc1ccc2c(c1)nc(N)c1ncc(CCc3ccc(CN(C)C)cc3)cc12.ClCCCl. The van der Waals surface area contributed by atoms with E-state index in [9.17, 15) is 0 Å². The second kappa shape index (κ2) is 11.5. The van der Waals surface area contributed by atoms with Gasteiger partial charge in [-0.1, -0.05) is 36.4 Å². The minimum Gasteiger partial charge on any atom is -0.382 e. The summed E-state index contributed by atoms with van der Waals surface area (Å²) in [5.74, 6) is 1.61. The normalized spacial score (nSPS) is 11.1. The Morgan fingerprint density at radius 2 is 1.50 bits per heavy atom. The van der Waals surface area contributed by atoms with Crippen LogP contribution < -0.4 is 5.73 Å². The van der Waals surface area contributed by atoms with Crippen molar-refractivity contribution < 1.29 is 0 Å². The fourth-order valence-corrected chi connectivity index (χ4v) is 3.66. The summed E-state index contributed by atoms with van der Waals surface area (Å²) in [7, 11) is 4.18. The Bertz CT molecular complexity index is 1170. The van der Waals surface area contributed by atoms with Crippen LogP contribution in [0.25, 0.3) is 21.8 Å². The molecule has 4 aromatic rings. The van der Waals surface area contributed by atoms with Crippen LogP contribution in [0.4, 0.5) is 5.82 Å². The topological polar surface area (TPSA) is 55.0 Å². The van der Waals surface area contributed by atoms with E-state index >= 15 is 0 Å². The second-order valence-corrected chi connectivity index (χ2v) is 8.95. The lowest BCUT2D eigenvalue weighted by Gasteiger charge is -2.11. The Kier molecular flexibility index (Phi) is 8.68. The molecule has 4 nitrogen and oxygen atoms in total. The molecule has 32 heavy (non-hydrogen) atoms. The largest absolute Gasteiger partial charge is 0.382 e. The van der Waals surface area contributed by atoms with Gasteiger partial charge < -0.3 is 10.6 Å². The van der Waals surface area contributed by atoms with Crippen molar-refractivity contribution in [1.29, 1.82) is 0 Å². The Labute approximate surface area is 200 Å². The monoisotopic (exact) mass is 468 g/mol. The van der Waals surface area contributed by atoms with Gasteiger partial charge in [0, 0.05) is 35.3 Å². The molecule has 0 aliphatic carbocycles. The van der Waals surface area contributed by atoms with Crippen LogP contribution in [0.5, 0.6) is 0 Å². The smallest absolute Gasteiger partial charge is 0.150 e. The van der Waals surface area contributed by atoms with Crippen molar-refractivity contribution in [2.75, 3.05) is 31.6 Å². The van der Waals surface area contributed by atoms with Crippen molar-refractivity contribution in [3.63, 3.8) is 0 Å². The quantitative estimate of drug-likeness (QED) is 0.279. The number of nitrogens with zero attached hydrogens (tertiary/aromatic N) is 3. The van der Waals surface area contributed by atoms with Crippen LogP contribution in [0.3, 0.4) is 0 Å². The lowest BCUT2D eigenvalue weighted by molar-refractivity contribution is 0.402. The van der Waals surface area contributed by atoms with Crippen molar-refractivity contribution in [3.05, 3.63) is 77.0 Å². The molecule has 6 heteroatoms. The molecule has 4 rings (SSSR count). The zero-order chi connectivity index (χ0) is 23.1. The van der Waals surface area contributed by atoms with Crippen LogP contribution in [0.2, 0.25) is 0 Å². The number of benzene rings is 2. The number of hydrogen-bond acceptors (Lipinski definition) is 4. The highest BCUT2D eigenvalue weighted by atomic mass is 35.5. The highest BCUT2D eigenvalue weighted by Gasteiger charge is 2.09. The van der Waals surface area contributed by atoms with Gasteiger partial charge in [0.05, 0.1) is 5.52 Å². The Morgan fingerprint density at radius 3 is 2.16 bits per heavy atom. The molecule has 168 valence electrons. The standard InChI is InChI=1S/C24H26N4.C2H4Cl2/c1-16-4-11-20-21-13-19(14-26-23(21)24(25)27-22(20)12-16)10-7-17-5-8-18(9-6-17)15-28(2)3;3-1-2-4/h4-6,8-9,11-14H,7,10,15H2,1-3H3,(H2,25,27);1-2H2. The van der Waals surface area contributed by atoms with Crippen molar-refractivity contribution in [2.45, 2.75) is 26.3 Å². The van der Waals surface area contributed by atoms with Crippen LogP contribution in [-0.2, 0) is 19.4 Å². The maximum absolute atomic E-state index is 6.16. The van der Waals surface area contributed by atoms with Gasteiger partial charge in [0.25, 0.3) is 0 Å². The first-order valence-corrected chi connectivity index (χ1v) is 11.8. The molecule has 0 spiro atoms. The molecule has 0 amide bonds. The Morgan fingerprint density at radius 1 is 0.844 bits per heavy atom. The third-order valence-corrected chi connectivity index (χ3v) is 5.74. The van der Waals surface area contributed by atoms with Gasteiger partial charge in [-0.2, -0.15) is 0 Å². The van der Waals surface area contributed by atoms with Crippen molar-refractivity contribution in [3.8, 4) is 0 Å². The third-order valence-electron chi connectivity index (χ3n) is 5.17. The zero-order valence-corrected chi connectivity index (χ0v) is 20.4. The number of aromatic nitrogens is 2. The van der Waals surface area contributed by atoms with Crippen LogP contribution >= 0.6 is 23.2 Å². The summed E-state index contributed by atoms with van der Waals surface area (Å²) >= 11 is 10.1. The fourth-order valence-electron chi connectivity index (χ4n) is 3.66. The number of fused-ring (bicyclic) bond motifs is 3. The average Bonchev–Trinajstić information content (AvgIpc) is 2.78. The lowest BCUT2D eigenvalue weighted by Crippen LogP contribution is -2.10. The van der Waals surface area contributed by atoms with Gasteiger partial charge in [-0.25, -0.2) is 4.98 Å². The first-order valence-electron chi connectivity index (χ1n) is 10.7. The predicted molar refractivity (Wildman–Crippen MR) is 139 cm³/mol. The number of nitrogens with two attached hydrogens (primary N) is 1. The van der Waals surface area contributed by atoms with Gasteiger partial charge in [0.1, 0.15) is 5.52 Å². The van der Waals surface area contributed by atoms with E-state index in [0.717, 1.165) is 41.2 Å². The van der Waals surface area contributed by atoms with E-state index in [1.807, 2.05) is 6.20 Å². The Hall–Kier alpha value is -2.40. The van der Waals surface area contributed by atoms with Gasteiger partial charge in [-0.05, 0) is 68.2 Å². The van der Waals surface area contributed by atoms with E-state index in [2.05, 4.69) is 84.4 Å². The zero-order valence-electron chi connectivity index (χ0n) is 18.9. The van der Waals surface area contributed by atoms with Gasteiger partial charge in [0.2, 0.25) is 0 Å². The first kappa shape index (κ1) is 24.2. The van der Waals surface area contributed by atoms with Crippen molar-refractivity contribution in [2.24, 2.45) is 0 Å². The van der Waals surface area contributed by atoms with E-state index in [1.54, 1.807) is 0 Å². The highest BCUT2D eigenvalue weighted by Crippen LogP contribution is 2.28. The van der Waals surface area contributed by atoms with Crippen LogP contribution in [0.1, 0.15) is 22.3 Å². The average molecular weight is 469 g/mol. The molecule has 0 radical (unpaired) electrons. The van der Waals surface area contributed by atoms with E-state index in [1.165, 1.54) is 22.3 Å². The number of halogens is 2. The molecule has 0 aliphatic rings. The Balaban J connectivity index is 0.000000668. The van der Waals surface area contributed by atoms with E-state index in [-0.39, 0.29) is 0 Å². The first-order chi connectivity index (χ1) is 15.4. The summed E-state index contributed by atoms with van der Waals surface area (Å²) in [6.07, 6.45) is 3.87. The van der Waals surface area contributed by atoms with E-state index < -0.39 is 0 Å². The number of anilines is 1. The molecule has 0 saturated heterocycles. The van der Waals surface area contributed by atoms with Crippen molar-refractivity contribution >= 4 is 50.8 Å². The predicted octanol–water partition coefficient (Wildman–Crippen LogP) is 5.98. The molecule has 0 atom stereocenters. The summed E-state index contributed by atoms with van der Waals surface area (Å²) in [6, 6.07) is 17.4. The molecule has 2 N–H and O–H groups in total. The van der Waals surface area contributed by atoms with Crippen molar-refractivity contribution in [1.82, 2.24) is 14.9 Å². The van der Waals surface area contributed by atoms with Gasteiger partial charge in [0.15, 0.2) is 5.82 Å². The molecule has 2 aromatic heterocycles. The second-order valence-electron chi connectivity index (χ2n) is 8.19. The van der Waals surface area contributed by atoms with E-state index in [4.69, 9.17) is 28.9 Å². The number of hydrogen-bond donors (Lipinski definition) is 1. The summed E-state index contributed by atoms with van der Waals surface area (Å²) in [5, 5.41) is 2.19. The van der Waals surface area contributed by atoms with Crippen LogP contribution in [0, 0.1) is 6.92 Å². The van der Waals surface area contributed by atoms with Gasteiger partial charge >= 0.3 is 0 Å². The molecule has 0 saturated carbocycles. The highest BCUT2D eigenvalue weighted by molar-refractivity contribution is 6.25. The number of alkyl halides is 2. The minimum absolute atomic E-state index is 0.496. The summed E-state index contributed by atoms with van der Waals surface area (Å²) in [6.45, 7) is 3.04. The van der Waals surface area contributed by atoms with Gasteiger partial charge in [-0.3, -0.25) is 4.98 Å². The molecule has 0 unspecified atom stereocenters. The molecule has 0 fully saturated rings. The molecular formula is C26H30Cl2N4. The lowest BCUT2D eigenvalue weighted by atomic mass is 10.0. The number of nitrogen functional groups attached to an aromatic ring is 1. The van der Waals surface area contributed by atoms with Crippen LogP contribution in [0.15, 0.2) is 54.7 Å². The fraction of sp³-hybridized carbons (Fsp3) is 0.308. The summed E-state index contributed by atoms with van der Waals surface area (Å²) in [5.41, 5.74) is 13.0. The summed E-state index contributed by atoms with van der Waals surface area (Å²) in [4.78, 5) is 11.3. The third kappa shape index (κ3) is 6.32. The maximum Gasteiger partial charge on any atom is 0.150 e. The molecule has 2 heterocycles. The van der Waals surface area contributed by atoms with Crippen LogP contribution in [-0.4, -0.2) is 40.7 Å². The van der Waals surface area contributed by atoms with Gasteiger partial charge in [-0.15, -0.1) is 23.2 Å². The molecule has 2 aromatic carbocycles. The van der Waals surface area contributed by atoms with E-state index in [0.29, 0.717) is 17.6 Å². The molecule has 0 bridgehead atoms. The molecule has 0 aliphatic heterocycles. The summed E-state index contributed by atoms with van der Waals surface area (Å²) < 4.78 is 0. The maximum atomic E-state index is 6.16. The minimum atomic E-state index is 0.496. The number of rotatable bonds is 6. The number of pyridine rings is 2.